The molecule has 0 bridgehead atoms. The molecule has 0 aliphatic heterocycles. The third kappa shape index (κ3) is 3.43. The number of nitro benzene ring substituents is 1. The van der Waals surface area contributed by atoms with E-state index < -0.39 is 22.4 Å². The van der Waals surface area contributed by atoms with E-state index in [2.05, 4.69) is 15.0 Å². The number of aromatic nitrogens is 3. The SMILES string of the molecule is Nc1ncc(-c2cc([N+](=O)[O-])cc(C(F)(F)F)c2)c(-c2cccnc2)n1. The highest BCUT2D eigenvalue weighted by Crippen LogP contribution is 2.37. The first-order valence-electron chi connectivity index (χ1n) is 7.15. The van der Waals surface area contributed by atoms with E-state index in [1.165, 1.54) is 18.6 Å². The van der Waals surface area contributed by atoms with E-state index in [0.717, 1.165) is 12.1 Å². The lowest BCUT2D eigenvalue weighted by Gasteiger charge is -2.12. The molecular weight excluding hydrogens is 351 g/mol. The molecule has 3 aromatic rings. The quantitative estimate of drug-likeness (QED) is 0.563. The standard InChI is InChI=1S/C16H10F3N5O2/c17-16(18,19)11-4-10(5-12(6-11)24(25)26)13-8-22-15(20)23-14(13)9-2-1-3-21-7-9/h1-8H,(H2,20,22,23). The van der Waals surface area contributed by atoms with Crippen LogP contribution < -0.4 is 5.73 Å². The number of hydrogen-bond donors (Lipinski definition) is 1. The zero-order valence-electron chi connectivity index (χ0n) is 12.9. The van der Waals surface area contributed by atoms with Gasteiger partial charge < -0.3 is 5.73 Å². The molecule has 0 aliphatic carbocycles. The fraction of sp³-hybridized carbons (Fsp3) is 0.0625. The molecule has 2 aromatic heterocycles. The molecule has 132 valence electrons. The van der Waals surface area contributed by atoms with Crippen molar-refractivity contribution in [3.8, 4) is 22.4 Å². The molecule has 0 fully saturated rings. The van der Waals surface area contributed by atoms with Gasteiger partial charge in [-0.15, -0.1) is 0 Å². The number of non-ortho nitro benzene ring substituents is 1. The minimum absolute atomic E-state index is 0.0506. The number of nitrogen functional groups attached to an aromatic ring is 1. The summed E-state index contributed by atoms with van der Waals surface area (Å²) in [5, 5.41) is 11.0. The molecule has 26 heavy (non-hydrogen) atoms. The van der Waals surface area contributed by atoms with E-state index in [0.29, 0.717) is 11.6 Å². The summed E-state index contributed by atoms with van der Waals surface area (Å²) in [5.74, 6) is -0.0888. The van der Waals surface area contributed by atoms with E-state index in [1.807, 2.05) is 0 Å². The van der Waals surface area contributed by atoms with E-state index in [4.69, 9.17) is 5.73 Å². The lowest BCUT2D eigenvalue weighted by atomic mass is 9.99. The van der Waals surface area contributed by atoms with Crippen LogP contribution in [0.1, 0.15) is 5.56 Å². The first-order chi connectivity index (χ1) is 12.3. The Labute approximate surface area is 144 Å². The molecule has 0 unspecified atom stereocenters. The Hall–Kier alpha value is -3.56. The minimum atomic E-state index is -4.75. The average Bonchev–Trinajstić information content (AvgIpc) is 2.61. The Morgan fingerprint density at radius 1 is 1.12 bits per heavy atom. The monoisotopic (exact) mass is 361 g/mol. The molecule has 7 nitrogen and oxygen atoms in total. The van der Waals surface area contributed by atoms with Gasteiger partial charge in [-0.25, -0.2) is 9.97 Å². The molecule has 0 spiro atoms. The Kier molecular flexibility index (Phi) is 4.24. The third-order valence-electron chi connectivity index (χ3n) is 3.51. The Morgan fingerprint density at radius 2 is 1.88 bits per heavy atom. The number of rotatable bonds is 3. The molecule has 3 rings (SSSR count). The van der Waals surface area contributed by atoms with Gasteiger partial charge >= 0.3 is 6.18 Å². The molecule has 2 N–H and O–H groups in total. The average molecular weight is 361 g/mol. The van der Waals surface area contributed by atoms with Crippen LogP contribution in [0.2, 0.25) is 0 Å². The van der Waals surface area contributed by atoms with Crippen molar-refractivity contribution in [1.29, 1.82) is 0 Å². The number of nitrogens with zero attached hydrogens (tertiary/aromatic N) is 4. The van der Waals surface area contributed by atoms with Crippen molar-refractivity contribution in [1.82, 2.24) is 15.0 Å². The number of halogens is 3. The maximum Gasteiger partial charge on any atom is 0.416 e. The van der Waals surface area contributed by atoms with Crippen molar-refractivity contribution in [3.05, 3.63) is 64.6 Å². The van der Waals surface area contributed by atoms with Gasteiger partial charge in [-0.05, 0) is 23.8 Å². The van der Waals surface area contributed by atoms with E-state index in [9.17, 15) is 23.3 Å². The zero-order chi connectivity index (χ0) is 18.9. The van der Waals surface area contributed by atoms with E-state index in [1.54, 1.807) is 12.1 Å². The Bertz CT molecular complexity index is 977. The molecule has 0 atom stereocenters. The van der Waals surface area contributed by atoms with Gasteiger partial charge in [-0.3, -0.25) is 15.1 Å². The number of hydrogen-bond acceptors (Lipinski definition) is 6. The first kappa shape index (κ1) is 17.3. The van der Waals surface area contributed by atoms with Crippen LogP contribution in [0.25, 0.3) is 22.4 Å². The summed E-state index contributed by atoms with van der Waals surface area (Å²) in [4.78, 5) is 22.0. The lowest BCUT2D eigenvalue weighted by molar-refractivity contribution is -0.385. The largest absolute Gasteiger partial charge is 0.416 e. The molecule has 0 amide bonds. The summed E-state index contributed by atoms with van der Waals surface area (Å²) in [6.45, 7) is 0. The molecular formula is C16H10F3N5O2. The van der Waals surface area contributed by atoms with Crippen LogP contribution in [0.15, 0.2) is 48.9 Å². The normalized spacial score (nSPS) is 11.3. The van der Waals surface area contributed by atoms with Gasteiger partial charge in [0.1, 0.15) is 0 Å². The number of anilines is 1. The predicted octanol–water partition coefficient (Wildman–Crippen LogP) is 3.71. The second-order valence-corrected chi connectivity index (χ2v) is 5.26. The van der Waals surface area contributed by atoms with Gasteiger partial charge in [-0.1, -0.05) is 0 Å². The van der Waals surface area contributed by atoms with Crippen molar-refractivity contribution in [2.75, 3.05) is 5.73 Å². The molecule has 0 saturated carbocycles. The van der Waals surface area contributed by atoms with Crippen LogP contribution in [0.3, 0.4) is 0 Å². The second kappa shape index (κ2) is 6.39. The van der Waals surface area contributed by atoms with Crippen molar-refractivity contribution in [3.63, 3.8) is 0 Å². The molecule has 0 radical (unpaired) electrons. The van der Waals surface area contributed by atoms with Crippen molar-refractivity contribution >= 4 is 11.6 Å². The van der Waals surface area contributed by atoms with E-state index >= 15 is 0 Å². The van der Waals surface area contributed by atoms with Crippen LogP contribution in [-0.4, -0.2) is 19.9 Å². The van der Waals surface area contributed by atoms with Crippen molar-refractivity contribution < 1.29 is 18.1 Å². The van der Waals surface area contributed by atoms with Crippen LogP contribution in [0.5, 0.6) is 0 Å². The van der Waals surface area contributed by atoms with Crippen LogP contribution in [-0.2, 0) is 6.18 Å². The number of pyridine rings is 1. The molecule has 0 aliphatic rings. The molecule has 1 aromatic carbocycles. The minimum Gasteiger partial charge on any atom is -0.368 e. The summed E-state index contributed by atoms with van der Waals surface area (Å²) in [5.41, 5.74) is 4.58. The number of nitro groups is 1. The number of benzene rings is 1. The summed E-state index contributed by atoms with van der Waals surface area (Å²) in [6.07, 6.45) is -0.552. The summed E-state index contributed by atoms with van der Waals surface area (Å²) in [6, 6.07) is 5.57. The smallest absolute Gasteiger partial charge is 0.368 e. The Balaban J connectivity index is 2.27. The third-order valence-corrected chi connectivity index (χ3v) is 3.51. The fourth-order valence-corrected chi connectivity index (χ4v) is 2.37. The topological polar surface area (TPSA) is 108 Å². The number of alkyl halides is 3. The summed E-state index contributed by atoms with van der Waals surface area (Å²) < 4.78 is 39.4. The summed E-state index contributed by atoms with van der Waals surface area (Å²) >= 11 is 0. The van der Waals surface area contributed by atoms with Crippen LogP contribution in [0, 0.1) is 10.1 Å². The van der Waals surface area contributed by atoms with Crippen LogP contribution in [0.4, 0.5) is 24.8 Å². The Morgan fingerprint density at radius 3 is 2.50 bits per heavy atom. The number of nitrogens with two attached hydrogens (primary N) is 1. The van der Waals surface area contributed by atoms with Gasteiger partial charge in [0.2, 0.25) is 5.95 Å². The van der Waals surface area contributed by atoms with Gasteiger partial charge in [0.15, 0.2) is 0 Å². The lowest BCUT2D eigenvalue weighted by Crippen LogP contribution is -2.06. The maximum absolute atomic E-state index is 13.1. The van der Waals surface area contributed by atoms with Gasteiger partial charge in [0.25, 0.3) is 5.69 Å². The first-order valence-corrected chi connectivity index (χ1v) is 7.15. The van der Waals surface area contributed by atoms with Crippen molar-refractivity contribution in [2.45, 2.75) is 6.18 Å². The van der Waals surface area contributed by atoms with Gasteiger partial charge in [-0.2, -0.15) is 13.2 Å². The van der Waals surface area contributed by atoms with Gasteiger partial charge in [0.05, 0.1) is 16.2 Å². The zero-order valence-corrected chi connectivity index (χ0v) is 12.9. The van der Waals surface area contributed by atoms with Crippen molar-refractivity contribution in [2.24, 2.45) is 0 Å². The van der Waals surface area contributed by atoms with Crippen LogP contribution >= 0.6 is 0 Å². The second-order valence-electron chi connectivity index (χ2n) is 5.26. The van der Waals surface area contributed by atoms with E-state index in [-0.39, 0.29) is 22.8 Å². The fourth-order valence-electron chi connectivity index (χ4n) is 2.37. The molecule has 10 heteroatoms. The highest BCUT2D eigenvalue weighted by Gasteiger charge is 2.33. The maximum atomic E-state index is 13.1. The molecule has 0 saturated heterocycles. The highest BCUT2D eigenvalue weighted by atomic mass is 19.4. The highest BCUT2D eigenvalue weighted by molar-refractivity contribution is 5.81. The predicted molar refractivity (Wildman–Crippen MR) is 86.8 cm³/mol. The molecule has 2 heterocycles. The van der Waals surface area contributed by atoms with Gasteiger partial charge in [0, 0.05) is 41.9 Å². The summed E-state index contributed by atoms with van der Waals surface area (Å²) in [7, 11) is 0.